The van der Waals surface area contributed by atoms with E-state index in [2.05, 4.69) is 16.4 Å². The van der Waals surface area contributed by atoms with Crippen LogP contribution in [0.15, 0.2) is 66.9 Å². The quantitative estimate of drug-likeness (QED) is 0.343. The first-order chi connectivity index (χ1) is 16.6. The van der Waals surface area contributed by atoms with Gasteiger partial charge in [0.15, 0.2) is 5.60 Å². The van der Waals surface area contributed by atoms with Crippen LogP contribution < -0.4 is 5.32 Å². The third-order valence-corrected chi connectivity index (χ3v) is 5.88. The molecule has 35 heavy (non-hydrogen) atoms. The Morgan fingerprint density at radius 1 is 1.17 bits per heavy atom. The SMILES string of the molecule is C[C@H](NC(=O)C(C)(C)OC(=O)c1ccnc(F)c1)[C@@H](Cc1ccc(Cl)cc1)c1cccc(C#N)c1. The molecule has 1 heterocycles. The molecule has 1 aromatic heterocycles. The van der Waals surface area contributed by atoms with Gasteiger partial charge < -0.3 is 10.1 Å². The first-order valence-electron chi connectivity index (χ1n) is 11.0. The van der Waals surface area contributed by atoms with Crippen molar-refractivity contribution in [3.05, 3.63) is 100 Å². The lowest BCUT2D eigenvalue weighted by molar-refractivity contribution is -0.138. The van der Waals surface area contributed by atoms with Crippen molar-refractivity contribution in [2.75, 3.05) is 0 Å². The molecule has 8 heteroatoms. The number of hydrogen-bond donors (Lipinski definition) is 1. The minimum absolute atomic E-state index is 0.0413. The molecule has 0 saturated heterocycles. The fourth-order valence-electron chi connectivity index (χ4n) is 3.64. The Labute approximate surface area is 208 Å². The number of nitriles is 1. The molecular weight excluding hydrogens is 469 g/mol. The maximum atomic E-state index is 13.4. The van der Waals surface area contributed by atoms with Crippen molar-refractivity contribution < 1.29 is 18.7 Å². The van der Waals surface area contributed by atoms with Crippen LogP contribution in [0.1, 0.15) is 53.7 Å². The second-order valence-corrected chi connectivity index (χ2v) is 9.14. The highest BCUT2D eigenvalue weighted by molar-refractivity contribution is 6.30. The van der Waals surface area contributed by atoms with Crippen LogP contribution in [0.5, 0.6) is 0 Å². The lowest BCUT2D eigenvalue weighted by atomic mass is 9.85. The minimum Gasteiger partial charge on any atom is -0.446 e. The number of amides is 1. The van der Waals surface area contributed by atoms with Gasteiger partial charge in [-0.05, 0) is 68.7 Å². The van der Waals surface area contributed by atoms with E-state index in [0.717, 1.165) is 23.4 Å². The van der Waals surface area contributed by atoms with E-state index in [-0.39, 0.29) is 17.5 Å². The zero-order chi connectivity index (χ0) is 25.6. The number of ether oxygens (including phenoxy) is 1. The number of carbonyl (C=O) groups is 2. The predicted molar refractivity (Wildman–Crippen MR) is 130 cm³/mol. The van der Waals surface area contributed by atoms with Gasteiger partial charge in [-0.25, -0.2) is 9.78 Å². The van der Waals surface area contributed by atoms with Gasteiger partial charge in [0.2, 0.25) is 5.95 Å². The Morgan fingerprint density at radius 2 is 1.89 bits per heavy atom. The number of carbonyl (C=O) groups excluding carboxylic acids is 2. The molecule has 0 aliphatic heterocycles. The highest BCUT2D eigenvalue weighted by Gasteiger charge is 2.35. The number of nitrogens with zero attached hydrogens (tertiary/aromatic N) is 2. The molecule has 1 amide bonds. The average molecular weight is 494 g/mol. The Bertz CT molecular complexity index is 1260. The van der Waals surface area contributed by atoms with Crippen LogP contribution in [-0.4, -0.2) is 28.5 Å². The van der Waals surface area contributed by atoms with Gasteiger partial charge in [0, 0.05) is 29.2 Å². The number of aromatic nitrogens is 1. The summed E-state index contributed by atoms with van der Waals surface area (Å²) in [5.74, 6) is -2.35. The van der Waals surface area contributed by atoms with Gasteiger partial charge in [-0.2, -0.15) is 9.65 Å². The van der Waals surface area contributed by atoms with Gasteiger partial charge >= 0.3 is 5.97 Å². The molecule has 0 bridgehead atoms. The summed E-state index contributed by atoms with van der Waals surface area (Å²) in [6.45, 7) is 4.79. The van der Waals surface area contributed by atoms with E-state index < -0.39 is 23.4 Å². The average Bonchev–Trinajstić information content (AvgIpc) is 2.83. The van der Waals surface area contributed by atoms with E-state index in [1.807, 2.05) is 25.1 Å². The Hall–Kier alpha value is -3.76. The molecule has 2 atom stereocenters. The van der Waals surface area contributed by atoms with Crippen LogP contribution in [0.2, 0.25) is 5.02 Å². The maximum absolute atomic E-state index is 13.4. The molecule has 0 unspecified atom stereocenters. The highest BCUT2D eigenvalue weighted by atomic mass is 35.5. The molecule has 3 aromatic rings. The van der Waals surface area contributed by atoms with E-state index in [0.29, 0.717) is 17.0 Å². The highest BCUT2D eigenvalue weighted by Crippen LogP contribution is 2.27. The number of rotatable bonds is 8. The molecule has 0 fully saturated rings. The number of pyridine rings is 1. The van der Waals surface area contributed by atoms with Crippen molar-refractivity contribution in [2.45, 2.75) is 44.8 Å². The second-order valence-electron chi connectivity index (χ2n) is 8.70. The summed E-state index contributed by atoms with van der Waals surface area (Å²) in [5.41, 5.74) is 0.841. The van der Waals surface area contributed by atoms with E-state index >= 15 is 0 Å². The number of hydrogen-bond acceptors (Lipinski definition) is 5. The summed E-state index contributed by atoms with van der Waals surface area (Å²) in [6, 6.07) is 18.7. The summed E-state index contributed by atoms with van der Waals surface area (Å²) in [7, 11) is 0. The van der Waals surface area contributed by atoms with Crippen molar-refractivity contribution in [3.8, 4) is 6.07 Å². The predicted octanol–water partition coefficient (Wildman–Crippen LogP) is 5.21. The van der Waals surface area contributed by atoms with E-state index in [1.54, 1.807) is 30.3 Å². The van der Waals surface area contributed by atoms with Gasteiger partial charge in [-0.15, -0.1) is 0 Å². The molecule has 0 aliphatic carbocycles. The Morgan fingerprint density at radius 3 is 2.54 bits per heavy atom. The number of esters is 1. The van der Waals surface area contributed by atoms with Gasteiger partial charge in [0.25, 0.3) is 5.91 Å². The lowest BCUT2D eigenvalue weighted by Gasteiger charge is -2.30. The monoisotopic (exact) mass is 493 g/mol. The summed E-state index contributed by atoms with van der Waals surface area (Å²) < 4.78 is 18.8. The first kappa shape index (κ1) is 25.9. The Kier molecular flexibility index (Phi) is 8.21. The van der Waals surface area contributed by atoms with Crippen LogP contribution in [0.3, 0.4) is 0 Å². The van der Waals surface area contributed by atoms with Crippen LogP contribution >= 0.6 is 11.6 Å². The fourth-order valence-corrected chi connectivity index (χ4v) is 3.77. The second kappa shape index (κ2) is 11.1. The van der Waals surface area contributed by atoms with E-state index in [1.165, 1.54) is 19.9 Å². The van der Waals surface area contributed by atoms with Crippen molar-refractivity contribution in [2.24, 2.45) is 0 Å². The minimum atomic E-state index is -1.52. The summed E-state index contributed by atoms with van der Waals surface area (Å²) in [4.78, 5) is 29.0. The van der Waals surface area contributed by atoms with Gasteiger partial charge in [0.05, 0.1) is 17.2 Å². The summed E-state index contributed by atoms with van der Waals surface area (Å²) >= 11 is 6.02. The zero-order valence-electron chi connectivity index (χ0n) is 19.6. The topological polar surface area (TPSA) is 92.1 Å². The molecule has 0 saturated carbocycles. The first-order valence-corrected chi connectivity index (χ1v) is 11.4. The summed E-state index contributed by atoms with van der Waals surface area (Å²) in [6.07, 6.45) is 1.72. The van der Waals surface area contributed by atoms with Crippen molar-refractivity contribution in [3.63, 3.8) is 0 Å². The molecule has 6 nitrogen and oxygen atoms in total. The van der Waals surface area contributed by atoms with Crippen molar-refractivity contribution >= 4 is 23.5 Å². The van der Waals surface area contributed by atoms with Gasteiger partial charge in [-0.3, -0.25) is 4.79 Å². The molecule has 0 aliphatic rings. The fraction of sp³-hybridized carbons (Fsp3) is 0.259. The van der Waals surface area contributed by atoms with Gasteiger partial charge in [0.1, 0.15) is 0 Å². The molecule has 3 rings (SSSR count). The molecule has 180 valence electrons. The van der Waals surface area contributed by atoms with Crippen molar-refractivity contribution in [1.82, 2.24) is 10.3 Å². The smallest absolute Gasteiger partial charge is 0.339 e. The van der Waals surface area contributed by atoms with Crippen LogP contribution in [0, 0.1) is 17.3 Å². The Balaban J connectivity index is 1.80. The molecule has 1 N–H and O–H groups in total. The number of benzene rings is 2. The van der Waals surface area contributed by atoms with E-state index in [9.17, 15) is 19.2 Å². The van der Waals surface area contributed by atoms with E-state index in [4.69, 9.17) is 16.3 Å². The molecular formula is C27H25ClFN3O3. The molecule has 2 aromatic carbocycles. The lowest BCUT2D eigenvalue weighted by Crippen LogP contribution is -2.50. The normalized spacial score (nSPS) is 12.8. The number of halogens is 2. The zero-order valence-corrected chi connectivity index (χ0v) is 20.3. The maximum Gasteiger partial charge on any atom is 0.339 e. The van der Waals surface area contributed by atoms with Gasteiger partial charge in [-0.1, -0.05) is 35.9 Å². The standard InChI is InChI=1S/C27H25ClFN3O3/c1-17(32-26(34)27(2,3)35-25(33)21-11-12-31-24(29)15-21)23(14-18-7-9-22(28)10-8-18)20-6-4-5-19(13-20)16-30/h4-13,15,17,23H,14H2,1-3H3,(H,32,34)/t17-,23+/m0/s1. The largest absolute Gasteiger partial charge is 0.446 e. The van der Waals surface area contributed by atoms with Crippen LogP contribution in [0.25, 0.3) is 0 Å². The molecule has 0 radical (unpaired) electrons. The van der Waals surface area contributed by atoms with Crippen molar-refractivity contribution in [1.29, 1.82) is 5.26 Å². The summed E-state index contributed by atoms with van der Waals surface area (Å²) in [5, 5.41) is 12.9. The van der Waals surface area contributed by atoms with Crippen LogP contribution in [0.4, 0.5) is 4.39 Å². The third kappa shape index (κ3) is 6.87. The van der Waals surface area contributed by atoms with Crippen LogP contribution in [-0.2, 0) is 16.0 Å². The molecule has 0 spiro atoms. The third-order valence-electron chi connectivity index (χ3n) is 5.63. The number of nitrogens with one attached hydrogen (secondary N) is 1.